The molecule has 1 N–H and O–H groups in total. The molecule has 2 amide bonds. The van der Waals surface area contributed by atoms with Crippen LogP contribution in [0.2, 0.25) is 5.02 Å². The predicted octanol–water partition coefficient (Wildman–Crippen LogP) is 5.20. The van der Waals surface area contributed by atoms with Gasteiger partial charge in [-0.25, -0.2) is 0 Å². The lowest BCUT2D eigenvalue weighted by molar-refractivity contribution is -0.122. The summed E-state index contributed by atoms with van der Waals surface area (Å²) in [5, 5.41) is 5.43. The van der Waals surface area contributed by atoms with Gasteiger partial charge in [-0.15, -0.1) is 11.3 Å². The van der Waals surface area contributed by atoms with Crippen LogP contribution in [-0.2, 0) is 16.1 Å². The summed E-state index contributed by atoms with van der Waals surface area (Å²) in [7, 11) is 0. The van der Waals surface area contributed by atoms with Gasteiger partial charge in [0.2, 0.25) is 5.91 Å². The van der Waals surface area contributed by atoms with Gasteiger partial charge in [-0.2, -0.15) is 0 Å². The number of thiophene rings is 1. The number of fused-ring (bicyclic) bond motifs is 1. The molecule has 146 valence electrons. The van der Waals surface area contributed by atoms with Gasteiger partial charge in [-0.1, -0.05) is 59.8 Å². The van der Waals surface area contributed by atoms with Crippen molar-refractivity contribution in [2.45, 2.75) is 11.4 Å². The summed E-state index contributed by atoms with van der Waals surface area (Å²) in [4.78, 5) is 29.8. The van der Waals surface area contributed by atoms with Gasteiger partial charge in [0.05, 0.1) is 17.1 Å². The van der Waals surface area contributed by atoms with Crippen LogP contribution in [0.15, 0.2) is 75.8 Å². The van der Waals surface area contributed by atoms with Crippen LogP contribution < -0.4 is 10.2 Å². The number of nitrogens with one attached hydrogen (secondary N) is 1. The first kappa shape index (κ1) is 19.8. The Morgan fingerprint density at radius 3 is 2.66 bits per heavy atom. The van der Waals surface area contributed by atoms with Crippen molar-refractivity contribution in [3.05, 3.63) is 86.4 Å². The number of thioether (sulfide) groups is 1. The van der Waals surface area contributed by atoms with E-state index in [1.54, 1.807) is 23.5 Å². The lowest BCUT2D eigenvalue weighted by atomic mass is 10.2. The first-order valence-electron chi connectivity index (χ1n) is 8.96. The Kier molecular flexibility index (Phi) is 6.04. The minimum Gasteiger partial charge on any atom is -0.350 e. The zero-order valence-corrected chi connectivity index (χ0v) is 17.7. The third kappa shape index (κ3) is 4.56. The lowest BCUT2D eigenvalue weighted by Gasteiger charge is -2.29. The van der Waals surface area contributed by atoms with E-state index in [9.17, 15) is 9.59 Å². The van der Waals surface area contributed by atoms with Crippen LogP contribution in [0.25, 0.3) is 6.08 Å². The summed E-state index contributed by atoms with van der Waals surface area (Å²) in [6, 6.07) is 18.9. The van der Waals surface area contributed by atoms with E-state index in [2.05, 4.69) is 5.32 Å². The number of para-hydroxylation sites is 1. The number of hydrogen-bond acceptors (Lipinski definition) is 4. The number of benzene rings is 2. The smallest absolute Gasteiger partial charge is 0.265 e. The molecule has 2 heterocycles. The van der Waals surface area contributed by atoms with Crippen molar-refractivity contribution in [1.82, 2.24) is 5.32 Å². The Hall–Kier alpha value is -2.54. The summed E-state index contributed by atoms with van der Waals surface area (Å²) in [5.74, 6) is -0.412. The van der Waals surface area contributed by atoms with Crippen LogP contribution in [0.1, 0.15) is 10.4 Å². The quantitative estimate of drug-likeness (QED) is 0.555. The second-order valence-corrected chi connectivity index (χ2v) is 8.87. The Bertz CT molecular complexity index is 1080. The number of halogens is 1. The molecule has 1 aromatic heterocycles. The van der Waals surface area contributed by atoms with Crippen molar-refractivity contribution in [3.63, 3.8) is 0 Å². The van der Waals surface area contributed by atoms with Crippen molar-refractivity contribution in [2.24, 2.45) is 0 Å². The fourth-order valence-corrected chi connectivity index (χ4v) is 4.84. The number of carbonyl (C=O) groups excluding carboxylic acids is 2. The molecule has 0 bridgehead atoms. The minimum absolute atomic E-state index is 0.0400. The summed E-state index contributed by atoms with van der Waals surface area (Å²) in [5.41, 5.74) is 1.51. The second kappa shape index (κ2) is 8.86. The normalized spacial score (nSPS) is 14.7. The highest BCUT2D eigenvalue weighted by molar-refractivity contribution is 8.04. The minimum atomic E-state index is -0.208. The molecule has 0 fully saturated rings. The van der Waals surface area contributed by atoms with E-state index < -0.39 is 0 Å². The van der Waals surface area contributed by atoms with Gasteiger partial charge in [-0.05, 0) is 41.3 Å². The molecule has 0 saturated heterocycles. The van der Waals surface area contributed by atoms with E-state index in [1.165, 1.54) is 16.7 Å². The maximum atomic E-state index is 13.2. The Balaban J connectivity index is 1.59. The molecule has 4 rings (SSSR count). The summed E-state index contributed by atoms with van der Waals surface area (Å²) in [6.07, 6.45) is 1.78. The van der Waals surface area contributed by atoms with Crippen molar-refractivity contribution >= 4 is 58.3 Å². The van der Waals surface area contributed by atoms with E-state index in [0.717, 1.165) is 21.0 Å². The largest absolute Gasteiger partial charge is 0.350 e. The molecule has 4 nitrogen and oxygen atoms in total. The van der Waals surface area contributed by atoms with Gasteiger partial charge in [-0.3, -0.25) is 14.5 Å². The maximum Gasteiger partial charge on any atom is 0.265 e. The van der Waals surface area contributed by atoms with E-state index in [1.807, 2.05) is 60.0 Å². The zero-order valence-electron chi connectivity index (χ0n) is 15.3. The van der Waals surface area contributed by atoms with E-state index in [-0.39, 0.29) is 18.4 Å². The number of hydrogen-bond donors (Lipinski definition) is 1. The third-order valence-electron chi connectivity index (χ3n) is 4.37. The van der Waals surface area contributed by atoms with E-state index in [0.29, 0.717) is 16.5 Å². The number of anilines is 1. The molecule has 0 aliphatic carbocycles. The average molecular weight is 441 g/mol. The molecule has 0 spiro atoms. The van der Waals surface area contributed by atoms with Crippen molar-refractivity contribution in [3.8, 4) is 0 Å². The Morgan fingerprint density at radius 2 is 1.86 bits per heavy atom. The molecule has 2 aromatic carbocycles. The van der Waals surface area contributed by atoms with Crippen molar-refractivity contribution < 1.29 is 9.59 Å². The molecule has 0 atom stereocenters. The van der Waals surface area contributed by atoms with Crippen molar-refractivity contribution in [2.75, 3.05) is 11.4 Å². The standard InChI is InChI=1S/C22H17ClN2O2S2/c23-17-8-2-1-6-15(17)12-20-22(27)25(18-9-3-4-10-19(18)29-20)14-21(26)24-13-16-7-5-11-28-16/h1-12H,13-14H2,(H,24,26)/b20-12+. The number of amides is 2. The van der Waals surface area contributed by atoms with Crippen LogP contribution in [0, 0.1) is 0 Å². The fraction of sp³-hybridized carbons (Fsp3) is 0.0909. The summed E-state index contributed by atoms with van der Waals surface area (Å²) < 4.78 is 0. The molecule has 0 unspecified atom stereocenters. The molecule has 1 aliphatic rings. The fourth-order valence-electron chi connectivity index (χ4n) is 2.95. The van der Waals surface area contributed by atoms with E-state index >= 15 is 0 Å². The van der Waals surface area contributed by atoms with Crippen molar-refractivity contribution in [1.29, 1.82) is 0 Å². The SMILES string of the molecule is O=C(CN1C(=O)/C(=C\c2ccccc2Cl)Sc2ccccc21)NCc1cccs1. The monoisotopic (exact) mass is 440 g/mol. The van der Waals surface area contributed by atoms with E-state index in [4.69, 9.17) is 11.6 Å². The molecule has 1 aliphatic heterocycles. The maximum absolute atomic E-state index is 13.2. The van der Waals surface area contributed by atoms with Gasteiger partial charge >= 0.3 is 0 Å². The average Bonchev–Trinajstić information content (AvgIpc) is 3.25. The predicted molar refractivity (Wildman–Crippen MR) is 120 cm³/mol. The lowest BCUT2D eigenvalue weighted by Crippen LogP contribution is -2.42. The van der Waals surface area contributed by atoms with Gasteiger partial charge in [0.1, 0.15) is 6.54 Å². The third-order valence-corrected chi connectivity index (χ3v) is 6.66. The van der Waals surface area contributed by atoms with Crippen LogP contribution in [0.3, 0.4) is 0 Å². The summed E-state index contributed by atoms with van der Waals surface area (Å²) >= 11 is 9.24. The highest BCUT2D eigenvalue weighted by atomic mass is 35.5. The molecule has 0 saturated carbocycles. The molecular formula is C22H17ClN2O2S2. The van der Waals surface area contributed by atoms with Crippen LogP contribution in [0.5, 0.6) is 0 Å². The van der Waals surface area contributed by atoms with Crippen LogP contribution in [0.4, 0.5) is 5.69 Å². The van der Waals surface area contributed by atoms with Gasteiger partial charge < -0.3 is 5.32 Å². The summed E-state index contributed by atoms with van der Waals surface area (Å²) in [6.45, 7) is 0.416. The highest BCUT2D eigenvalue weighted by Crippen LogP contribution is 2.42. The zero-order chi connectivity index (χ0) is 20.2. The van der Waals surface area contributed by atoms with Gasteiger partial charge in [0, 0.05) is 14.8 Å². The van der Waals surface area contributed by atoms with Gasteiger partial charge in [0.25, 0.3) is 5.91 Å². The molecule has 0 radical (unpaired) electrons. The number of carbonyl (C=O) groups is 2. The van der Waals surface area contributed by atoms with Crippen LogP contribution in [-0.4, -0.2) is 18.4 Å². The molecule has 7 heteroatoms. The topological polar surface area (TPSA) is 49.4 Å². The number of nitrogens with zero attached hydrogens (tertiary/aromatic N) is 1. The Morgan fingerprint density at radius 1 is 1.07 bits per heavy atom. The highest BCUT2D eigenvalue weighted by Gasteiger charge is 2.30. The first-order valence-corrected chi connectivity index (χ1v) is 11.0. The number of rotatable bonds is 5. The Labute approximate surface area is 182 Å². The molecule has 29 heavy (non-hydrogen) atoms. The second-order valence-electron chi connectivity index (χ2n) is 6.35. The van der Waals surface area contributed by atoms with Gasteiger partial charge in [0.15, 0.2) is 0 Å². The molecular weight excluding hydrogens is 424 g/mol. The first-order chi connectivity index (χ1) is 14.1. The molecule has 3 aromatic rings. The van der Waals surface area contributed by atoms with Crippen LogP contribution >= 0.6 is 34.7 Å².